The number of hydrogen-bond acceptors (Lipinski definition) is 5. The van der Waals surface area contributed by atoms with E-state index in [4.69, 9.17) is 9.47 Å². The summed E-state index contributed by atoms with van der Waals surface area (Å²) in [5, 5.41) is 2.85. The van der Waals surface area contributed by atoms with Gasteiger partial charge in [-0.3, -0.25) is 4.90 Å². The first kappa shape index (κ1) is 21.0. The summed E-state index contributed by atoms with van der Waals surface area (Å²) in [7, 11) is 0. The van der Waals surface area contributed by atoms with Crippen LogP contribution in [0.5, 0.6) is 0 Å². The van der Waals surface area contributed by atoms with Crippen LogP contribution in [0.3, 0.4) is 0 Å². The molecule has 1 aliphatic heterocycles. The van der Waals surface area contributed by atoms with E-state index in [0.29, 0.717) is 19.6 Å². The Labute approximate surface area is 161 Å². The van der Waals surface area contributed by atoms with Gasteiger partial charge < -0.3 is 19.7 Å². The topological polar surface area (TPSA) is 71.1 Å². The van der Waals surface area contributed by atoms with E-state index in [-0.39, 0.29) is 18.7 Å². The summed E-state index contributed by atoms with van der Waals surface area (Å²) >= 11 is 0. The van der Waals surface area contributed by atoms with Crippen molar-refractivity contribution in [3.05, 3.63) is 35.9 Å². The Kier molecular flexibility index (Phi) is 7.47. The normalized spacial score (nSPS) is 16.5. The van der Waals surface area contributed by atoms with Crippen molar-refractivity contribution in [1.82, 2.24) is 15.1 Å². The van der Waals surface area contributed by atoms with Gasteiger partial charge in [0, 0.05) is 38.8 Å². The van der Waals surface area contributed by atoms with Crippen molar-refractivity contribution in [3.63, 3.8) is 0 Å². The van der Waals surface area contributed by atoms with Crippen LogP contribution in [0.15, 0.2) is 30.3 Å². The Morgan fingerprint density at radius 3 is 2.33 bits per heavy atom. The third-order valence-electron chi connectivity index (χ3n) is 4.13. The van der Waals surface area contributed by atoms with Gasteiger partial charge in [0.05, 0.1) is 0 Å². The molecule has 2 rings (SSSR count). The van der Waals surface area contributed by atoms with Crippen LogP contribution in [0.2, 0.25) is 0 Å². The Morgan fingerprint density at radius 2 is 1.74 bits per heavy atom. The number of nitrogens with one attached hydrogen (secondary N) is 1. The van der Waals surface area contributed by atoms with Gasteiger partial charge in [0.2, 0.25) is 0 Å². The molecule has 1 atom stereocenters. The number of rotatable bonds is 5. The molecule has 0 radical (unpaired) electrons. The molecule has 27 heavy (non-hydrogen) atoms. The number of nitrogens with zero attached hydrogens (tertiary/aromatic N) is 2. The van der Waals surface area contributed by atoms with Crippen molar-refractivity contribution in [2.24, 2.45) is 0 Å². The summed E-state index contributed by atoms with van der Waals surface area (Å²) in [6.07, 6.45) is -0.684. The van der Waals surface area contributed by atoms with E-state index in [1.54, 1.807) is 4.90 Å². The van der Waals surface area contributed by atoms with E-state index < -0.39 is 11.7 Å². The van der Waals surface area contributed by atoms with E-state index in [0.717, 1.165) is 18.7 Å². The molecule has 2 amide bonds. The van der Waals surface area contributed by atoms with E-state index >= 15 is 0 Å². The minimum absolute atomic E-state index is 0.0311. The Bertz CT molecular complexity index is 607. The van der Waals surface area contributed by atoms with Gasteiger partial charge in [0.1, 0.15) is 12.2 Å². The first-order chi connectivity index (χ1) is 12.7. The predicted molar refractivity (Wildman–Crippen MR) is 103 cm³/mol. The molecule has 0 spiro atoms. The highest BCUT2D eigenvalue weighted by molar-refractivity contribution is 5.68. The van der Waals surface area contributed by atoms with E-state index in [9.17, 15) is 9.59 Å². The van der Waals surface area contributed by atoms with Crippen LogP contribution < -0.4 is 5.32 Å². The zero-order chi connectivity index (χ0) is 19.9. The second kappa shape index (κ2) is 9.60. The van der Waals surface area contributed by atoms with Crippen LogP contribution in [-0.2, 0) is 16.1 Å². The van der Waals surface area contributed by atoms with Gasteiger partial charge in [0.15, 0.2) is 0 Å². The summed E-state index contributed by atoms with van der Waals surface area (Å²) in [4.78, 5) is 28.0. The molecule has 1 fully saturated rings. The third-order valence-corrected chi connectivity index (χ3v) is 4.13. The minimum Gasteiger partial charge on any atom is -0.445 e. The third kappa shape index (κ3) is 7.86. The van der Waals surface area contributed by atoms with Gasteiger partial charge in [-0.15, -0.1) is 0 Å². The molecule has 7 heteroatoms. The van der Waals surface area contributed by atoms with Gasteiger partial charge in [-0.05, 0) is 33.3 Å². The predicted octanol–water partition coefficient (Wildman–Crippen LogP) is 2.85. The SMILES string of the molecule is CC(CN1CCN(C(=O)OCc2ccccc2)CC1)NC(=O)OC(C)(C)C. The number of piperazine rings is 1. The lowest BCUT2D eigenvalue weighted by Gasteiger charge is -2.35. The van der Waals surface area contributed by atoms with Gasteiger partial charge in [-0.25, -0.2) is 9.59 Å². The maximum atomic E-state index is 12.2. The number of benzene rings is 1. The summed E-state index contributed by atoms with van der Waals surface area (Å²) in [5.41, 5.74) is 0.474. The highest BCUT2D eigenvalue weighted by Crippen LogP contribution is 2.09. The van der Waals surface area contributed by atoms with Crippen LogP contribution in [0.25, 0.3) is 0 Å². The molecule has 150 valence electrons. The lowest BCUT2D eigenvalue weighted by atomic mass is 10.2. The largest absolute Gasteiger partial charge is 0.445 e. The quantitative estimate of drug-likeness (QED) is 0.854. The van der Waals surface area contributed by atoms with Crippen molar-refractivity contribution in [2.75, 3.05) is 32.7 Å². The van der Waals surface area contributed by atoms with Crippen LogP contribution in [0.1, 0.15) is 33.3 Å². The molecule has 0 aliphatic carbocycles. The number of carbonyl (C=O) groups excluding carboxylic acids is 2. The van der Waals surface area contributed by atoms with E-state index in [1.165, 1.54) is 0 Å². The summed E-state index contributed by atoms with van der Waals surface area (Å²) in [6.45, 7) is 11.2. The Morgan fingerprint density at radius 1 is 1.11 bits per heavy atom. The monoisotopic (exact) mass is 377 g/mol. The van der Waals surface area contributed by atoms with Gasteiger partial charge >= 0.3 is 12.2 Å². The Hall–Kier alpha value is -2.28. The van der Waals surface area contributed by atoms with Gasteiger partial charge in [-0.1, -0.05) is 30.3 Å². The minimum atomic E-state index is -0.504. The van der Waals surface area contributed by atoms with E-state index in [1.807, 2.05) is 58.0 Å². The number of amides is 2. The number of carbonyl (C=O) groups is 2. The first-order valence-electron chi connectivity index (χ1n) is 9.40. The fraction of sp³-hybridized carbons (Fsp3) is 0.600. The van der Waals surface area contributed by atoms with Crippen LogP contribution in [-0.4, -0.2) is 66.4 Å². The molecule has 0 saturated carbocycles. The lowest BCUT2D eigenvalue weighted by Crippen LogP contribution is -2.52. The lowest BCUT2D eigenvalue weighted by molar-refractivity contribution is 0.0480. The van der Waals surface area contributed by atoms with Gasteiger partial charge in [-0.2, -0.15) is 0 Å². The molecular weight excluding hydrogens is 346 g/mol. The maximum Gasteiger partial charge on any atom is 0.410 e. The average Bonchev–Trinajstić information content (AvgIpc) is 2.59. The number of hydrogen-bond donors (Lipinski definition) is 1. The molecule has 1 N–H and O–H groups in total. The Balaban J connectivity index is 1.67. The number of ether oxygens (including phenoxy) is 2. The van der Waals surface area contributed by atoms with Crippen molar-refractivity contribution in [2.45, 2.75) is 45.9 Å². The van der Waals surface area contributed by atoms with Crippen molar-refractivity contribution >= 4 is 12.2 Å². The summed E-state index contributed by atoms with van der Waals surface area (Å²) in [6, 6.07) is 9.62. The van der Waals surface area contributed by atoms with Crippen molar-refractivity contribution in [1.29, 1.82) is 0 Å². The summed E-state index contributed by atoms with van der Waals surface area (Å²) in [5.74, 6) is 0. The molecule has 1 aromatic carbocycles. The number of alkyl carbamates (subject to hydrolysis) is 1. The van der Waals surface area contributed by atoms with Gasteiger partial charge in [0.25, 0.3) is 0 Å². The maximum absolute atomic E-state index is 12.2. The molecule has 7 nitrogen and oxygen atoms in total. The molecule has 1 unspecified atom stereocenters. The zero-order valence-electron chi connectivity index (χ0n) is 16.7. The van der Waals surface area contributed by atoms with Crippen LogP contribution in [0, 0.1) is 0 Å². The second-order valence-corrected chi connectivity index (χ2v) is 7.88. The molecule has 1 heterocycles. The fourth-order valence-electron chi connectivity index (χ4n) is 2.87. The van der Waals surface area contributed by atoms with Crippen molar-refractivity contribution in [3.8, 4) is 0 Å². The molecule has 1 aromatic rings. The molecule has 0 aromatic heterocycles. The highest BCUT2D eigenvalue weighted by atomic mass is 16.6. The first-order valence-corrected chi connectivity index (χ1v) is 9.40. The highest BCUT2D eigenvalue weighted by Gasteiger charge is 2.24. The fourth-order valence-corrected chi connectivity index (χ4v) is 2.87. The molecular formula is C20H31N3O4. The van der Waals surface area contributed by atoms with Crippen LogP contribution >= 0.6 is 0 Å². The smallest absolute Gasteiger partial charge is 0.410 e. The molecule has 0 bridgehead atoms. The molecule has 1 saturated heterocycles. The second-order valence-electron chi connectivity index (χ2n) is 7.88. The van der Waals surface area contributed by atoms with Crippen molar-refractivity contribution < 1.29 is 19.1 Å². The summed E-state index contributed by atoms with van der Waals surface area (Å²) < 4.78 is 10.6. The van der Waals surface area contributed by atoms with Crippen LogP contribution in [0.4, 0.5) is 9.59 Å². The average molecular weight is 377 g/mol. The molecule has 1 aliphatic rings. The zero-order valence-corrected chi connectivity index (χ0v) is 16.7. The van der Waals surface area contributed by atoms with E-state index in [2.05, 4.69) is 10.2 Å². The standard InChI is InChI=1S/C20H31N3O4/c1-16(21-18(24)27-20(2,3)4)14-22-10-12-23(13-11-22)19(25)26-15-17-8-6-5-7-9-17/h5-9,16H,10-15H2,1-4H3,(H,21,24).